The van der Waals surface area contributed by atoms with E-state index in [9.17, 15) is 0 Å². The molecule has 1 N–H and O–H groups in total. The van der Waals surface area contributed by atoms with Gasteiger partial charge in [0.2, 0.25) is 0 Å². The molecule has 3 nitrogen and oxygen atoms in total. The molecule has 0 radical (unpaired) electrons. The average Bonchev–Trinajstić information content (AvgIpc) is 2.66. The van der Waals surface area contributed by atoms with Crippen LogP contribution in [0.15, 0.2) is 6.20 Å². The first-order valence-electron chi connectivity index (χ1n) is 4.59. The summed E-state index contributed by atoms with van der Waals surface area (Å²) in [5, 5.41) is 0. The van der Waals surface area contributed by atoms with Gasteiger partial charge in [-0.15, -0.1) is 11.3 Å². The lowest BCUT2D eigenvalue weighted by Gasteiger charge is -2.34. The third-order valence-corrected chi connectivity index (χ3v) is 4.04. The summed E-state index contributed by atoms with van der Waals surface area (Å²) >= 11 is 6.67. The molecule has 1 aromatic rings. The van der Waals surface area contributed by atoms with Crippen molar-refractivity contribution in [1.29, 1.82) is 0 Å². The number of rotatable bonds is 2. The van der Waals surface area contributed by atoms with E-state index in [-0.39, 0.29) is 5.60 Å². The Hall–Kier alpha value is -0.230. The molecule has 1 aliphatic heterocycles. The van der Waals surface area contributed by atoms with E-state index < -0.39 is 0 Å². The van der Waals surface area contributed by atoms with Crippen molar-refractivity contribution in [2.75, 3.05) is 20.3 Å². The molecule has 5 heteroatoms. The van der Waals surface area contributed by atoms with Crippen molar-refractivity contribution < 1.29 is 9.47 Å². The number of nitrogens with one attached hydrogen (secondary N) is 1. The molecule has 0 aromatic carbocycles. The van der Waals surface area contributed by atoms with Gasteiger partial charge in [-0.1, -0.05) is 0 Å². The maximum absolute atomic E-state index is 5.64. The minimum absolute atomic E-state index is 0.170. The summed E-state index contributed by atoms with van der Waals surface area (Å²) in [6.07, 6.45) is 3.78. The molecule has 0 unspecified atom stereocenters. The Morgan fingerprint density at radius 2 is 2.29 bits per heavy atom. The Morgan fingerprint density at radius 3 is 2.79 bits per heavy atom. The fraction of sp³-hybridized carbons (Fsp3) is 0.667. The van der Waals surface area contributed by atoms with Gasteiger partial charge in [0.25, 0.3) is 0 Å². The number of aromatic nitrogens is 1. The molecule has 14 heavy (non-hydrogen) atoms. The average molecular weight is 231 g/mol. The predicted molar refractivity (Wildman–Crippen MR) is 58.2 cm³/mol. The van der Waals surface area contributed by atoms with E-state index in [0.717, 1.165) is 30.0 Å². The van der Waals surface area contributed by atoms with Crippen LogP contribution >= 0.6 is 23.6 Å². The zero-order chi connectivity index (χ0) is 10.0. The smallest absolute Gasteiger partial charge is 0.158 e. The van der Waals surface area contributed by atoms with E-state index in [4.69, 9.17) is 21.7 Å². The van der Waals surface area contributed by atoms with Crippen molar-refractivity contribution in [2.45, 2.75) is 18.4 Å². The minimum Gasteiger partial charge on any atom is -0.381 e. The van der Waals surface area contributed by atoms with Crippen LogP contribution in [0.3, 0.4) is 0 Å². The Bertz CT molecular complexity index is 352. The molecule has 2 heterocycles. The zero-order valence-electron chi connectivity index (χ0n) is 8.04. The molecule has 0 aliphatic carbocycles. The van der Waals surface area contributed by atoms with Gasteiger partial charge in [-0.05, 0) is 12.2 Å². The van der Waals surface area contributed by atoms with Crippen LogP contribution in [0.1, 0.15) is 17.7 Å². The highest BCUT2D eigenvalue weighted by molar-refractivity contribution is 7.73. The summed E-state index contributed by atoms with van der Waals surface area (Å²) in [5.74, 6) is 0. The lowest BCUT2D eigenvalue weighted by atomic mass is 9.93. The van der Waals surface area contributed by atoms with Crippen molar-refractivity contribution in [2.24, 2.45) is 0 Å². The number of ether oxygens (including phenoxy) is 2. The van der Waals surface area contributed by atoms with Gasteiger partial charge in [0, 0.05) is 39.4 Å². The van der Waals surface area contributed by atoms with Gasteiger partial charge in [0.05, 0.1) is 4.88 Å². The third-order valence-electron chi connectivity index (χ3n) is 2.66. The van der Waals surface area contributed by atoms with Crippen molar-refractivity contribution in [3.63, 3.8) is 0 Å². The van der Waals surface area contributed by atoms with Crippen molar-refractivity contribution in [1.82, 2.24) is 4.98 Å². The van der Waals surface area contributed by atoms with Crippen LogP contribution in [0, 0.1) is 3.95 Å². The first kappa shape index (κ1) is 10.3. The van der Waals surface area contributed by atoms with Crippen LogP contribution in [0.2, 0.25) is 0 Å². The topological polar surface area (TPSA) is 34.2 Å². The summed E-state index contributed by atoms with van der Waals surface area (Å²) in [7, 11) is 1.76. The highest BCUT2D eigenvalue weighted by Gasteiger charge is 2.35. The van der Waals surface area contributed by atoms with Crippen LogP contribution in [0.4, 0.5) is 0 Å². The first-order chi connectivity index (χ1) is 6.77. The number of hydrogen-bond acceptors (Lipinski definition) is 4. The summed E-state index contributed by atoms with van der Waals surface area (Å²) in [6.45, 7) is 1.52. The fourth-order valence-corrected chi connectivity index (χ4v) is 3.00. The SMILES string of the molecule is COC1(c2c[nH]c(=S)s2)CCOCC1. The summed E-state index contributed by atoms with van der Waals surface area (Å²) in [6, 6.07) is 0. The Morgan fingerprint density at radius 1 is 1.57 bits per heavy atom. The Labute approximate surface area is 92.1 Å². The van der Waals surface area contributed by atoms with Crippen LogP contribution in [-0.4, -0.2) is 25.3 Å². The van der Waals surface area contributed by atoms with Crippen LogP contribution in [0.25, 0.3) is 0 Å². The van der Waals surface area contributed by atoms with Gasteiger partial charge in [-0.25, -0.2) is 0 Å². The molecule has 1 aliphatic rings. The lowest BCUT2D eigenvalue weighted by Crippen LogP contribution is -2.34. The minimum atomic E-state index is -0.170. The zero-order valence-corrected chi connectivity index (χ0v) is 9.67. The second kappa shape index (κ2) is 4.10. The number of methoxy groups -OCH3 is 1. The highest BCUT2D eigenvalue weighted by atomic mass is 32.1. The van der Waals surface area contributed by atoms with E-state index in [0.29, 0.717) is 0 Å². The standard InChI is InChI=1S/C9H13NO2S2/c1-11-9(2-4-12-5-3-9)7-6-10-8(13)14-7/h6H,2-5H2,1H3,(H,10,13). The van der Waals surface area contributed by atoms with E-state index in [1.807, 2.05) is 6.20 Å². The predicted octanol–water partition coefficient (Wildman–Crippen LogP) is 2.46. The number of hydrogen-bond donors (Lipinski definition) is 1. The number of thiazole rings is 1. The van der Waals surface area contributed by atoms with Crippen LogP contribution < -0.4 is 0 Å². The second-order valence-electron chi connectivity index (χ2n) is 3.35. The lowest BCUT2D eigenvalue weighted by molar-refractivity contribution is -0.0926. The molecule has 78 valence electrons. The van der Waals surface area contributed by atoms with E-state index >= 15 is 0 Å². The maximum Gasteiger partial charge on any atom is 0.158 e. The molecule has 2 rings (SSSR count). The van der Waals surface area contributed by atoms with Crippen LogP contribution in [-0.2, 0) is 15.1 Å². The van der Waals surface area contributed by atoms with E-state index in [1.165, 1.54) is 4.88 Å². The normalized spacial score (nSPS) is 20.9. The largest absolute Gasteiger partial charge is 0.381 e. The van der Waals surface area contributed by atoms with Gasteiger partial charge >= 0.3 is 0 Å². The van der Waals surface area contributed by atoms with Gasteiger partial charge in [-0.3, -0.25) is 0 Å². The molecular formula is C9H13NO2S2. The molecule has 1 aromatic heterocycles. The summed E-state index contributed by atoms with van der Waals surface area (Å²) in [5.41, 5.74) is -0.170. The summed E-state index contributed by atoms with van der Waals surface area (Å²) < 4.78 is 11.8. The fourth-order valence-electron chi connectivity index (χ4n) is 1.76. The number of H-pyrrole nitrogens is 1. The monoisotopic (exact) mass is 231 g/mol. The van der Waals surface area contributed by atoms with Gasteiger partial charge in [-0.2, -0.15) is 0 Å². The molecule has 0 spiro atoms. The van der Waals surface area contributed by atoms with Crippen LogP contribution in [0.5, 0.6) is 0 Å². The Kier molecular flexibility index (Phi) is 3.02. The van der Waals surface area contributed by atoms with E-state index in [1.54, 1.807) is 18.4 Å². The van der Waals surface area contributed by atoms with Gasteiger partial charge in [0.1, 0.15) is 5.60 Å². The molecule has 0 amide bonds. The first-order valence-corrected chi connectivity index (χ1v) is 5.81. The molecule has 0 saturated carbocycles. The quantitative estimate of drug-likeness (QED) is 0.794. The van der Waals surface area contributed by atoms with Crippen molar-refractivity contribution in [3.8, 4) is 0 Å². The summed E-state index contributed by atoms with van der Waals surface area (Å²) in [4.78, 5) is 4.23. The van der Waals surface area contributed by atoms with Gasteiger partial charge in [0.15, 0.2) is 3.95 Å². The molecule has 0 bridgehead atoms. The molecule has 1 fully saturated rings. The van der Waals surface area contributed by atoms with E-state index in [2.05, 4.69) is 4.98 Å². The molecule has 1 saturated heterocycles. The molecular weight excluding hydrogens is 218 g/mol. The van der Waals surface area contributed by atoms with Crippen molar-refractivity contribution in [3.05, 3.63) is 15.0 Å². The maximum atomic E-state index is 5.64. The third kappa shape index (κ3) is 1.77. The Balaban J connectivity index is 2.31. The second-order valence-corrected chi connectivity index (χ2v) is 5.07. The number of aromatic amines is 1. The van der Waals surface area contributed by atoms with Crippen molar-refractivity contribution >= 4 is 23.6 Å². The highest BCUT2D eigenvalue weighted by Crippen LogP contribution is 2.37. The molecule has 0 atom stereocenters. The van der Waals surface area contributed by atoms with Gasteiger partial charge < -0.3 is 14.5 Å².